The van der Waals surface area contributed by atoms with Gasteiger partial charge in [-0.1, -0.05) is 6.92 Å². The van der Waals surface area contributed by atoms with Gasteiger partial charge in [-0.3, -0.25) is 0 Å². The highest BCUT2D eigenvalue weighted by Gasteiger charge is 2.10. The molecule has 0 spiro atoms. The first-order chi connectivity index (χ1) is 7.27. The number of nitrogens with one attached hydrogen (secondary N) is 1. The van der Waals surface area contributed by atoms with E-state index in [0.29, 0.717) is 6.61 Å². The van der Waals surface area contributed by atoms with Gasteiger partial charge in [-0.25, -0.2) is 4.98 Å². The van der Waals surface area contributed by atoms with Gasteiger partial charge in [-0.2, -0.15) is 0 Å². The van der Waals surface area contributed by atoms with E-state index in [1.165, 1.54) is 0 Å². The summed E-state index contributed by atoms with van der Waals surface area (Å²) in [7, 11) is 0. The largest absolute Gasteiger partial charge is 0.444 e. The van der Waals surface area contributed by atoms with Crippen LogP contribution in [0.3, 0.4) is 0 Å². The van der Waals surface area contributed by atoms with Crippen LogP contribution in [-0.4, -0.2) is 24.7 Å². The second-order valence-electron chi connectivity index (χ2n) is 3.39. The first kappa shape index (κ1) is 12.2. The Bertz CT molecular complexity index is 273. The number of ether oxygens (including phenoxy) is 1. The van der Waals surface area contributed by atoms with Crippen LogP contribution in [0.25, 0.3) is 0 Å². The Balaban J connectivity index is 2.41. The lowest BCUT2D eigenvalue weighted by atomic mass is 10.3. The van der Waals surface area contributed by atoms with E-state index in [-0.39, 0.29) is 6.04 Å². The maximum Gasteiger partial charge on any atom is 0.211 e. The molecule has 0 amide bonds. The smallest absolute Gasteiger partial charge is 0.211 e. The van der Waals surface area contributed by atoms with Gasteiger partial charge in [-0.05, 0) is 20.4 Å². The highest BCUT2D eigenvalue weighted by Crippen LogP contribution is 2.12. The van der Waals surface area contributed by atoms with Crippen molar-refractivity contribution in [2.75, 3.05) is 19.8 Å². The fourth-order valence-electron chi connectivity index (χ4n) is 1.35. The molecule has 0 aromatic carbocycles. The second-order valence-corrected chi connectivity index (χ2v) is 3.39. The van der Waals surface area contributed by atoms with Crippen LogP contribution < -0.4 is 5.32 Å². The summed E-state index contributed by atoms with van der Waals surface area (Å²) < 4.78 is 10.8. The van der Waals surface area contributed by atoms with Gasteiger partial charge in [0, 0.05) is 13.0 Å². The molecule has 0 aliphatic rings. The third-order valence-corrected chi connectivity index (χ3v) is 2.15. The second kappa shape index (κ2) is 6.58. The van der Waals surface area contributed by atoms with Gasteiger partial charge in [0.1, 0.15) is 5.76 Å². The molecule has 86 valence electrons. The van der Waals surface area contributed by atoms with Gasteiger partial charge in [0.25, 0.3) is 0 Å². The zero-order valence-electron chi connectivity index (χ0n) is 9.75. The van der Waals surface area contributed by atoms with E-state index in [2.05, 4.69) is 17.2 Å². The number of nitrogens with zero attached hydrogens (tertiary/aromatic N) is 1. The highest BCUT2D eigenvalue weighted by molar-refractivity contribution is 4.97. The Labute approximate surface area is 91.0 Å². The molecule has 4 heteroatoms. The van der Waals surface area contributed by atoms with Crippen LogP contribution in [0.1, 0.15) is 38.5 Å². The molecule has 1 heterocycles. The maximum atomic E-state index is 5.59. The summed E-state index contributed by atoms with van der Waals surface area (Å²) in [6, 6.07) is 0.177. The Morgan fingerprint density at radius 1 is 1.53 bits per heavy atom. The van der Waals surface area contributed by atoms with Crippen LogP contribution in [0, 0.1) is 0 Å². The van der Waals surface area contributed by atoms with Crippen LogP contribution >= 0.6 is 0 Å². The summed E-state index contributed by atoms with van der Waals surface area (Å²) in [4.78, 5) is 4.23. The summed E-state index contributed by atoms with van der Waals surface area (Å²) in [5, 5.41) is 3.25. The Hall–Kier alpha value is -0.870. The van der Waals surface area contributed by atoms with Crippen molar-refractivity contribution in [3.63, 3.8) is 0 Å². The molecule has 1 rings (SSSR count). The molecule has 1 aromatic rings. The van der Waals surface area contributed by atoms with Gasteiger partial charge >= 0.3 is 0 Å². The van der Waals surface area contributed by atoms with Crippen molar-refractivity contribution in [3.05, 3.63) is 17.8 Å². The lowest BCUT2D eigenvalue weighted by Crippen LogP contribution is -2.17. The zero-order valence-corrected chi connectivity index (χ0v) is 9.75. The first-order valence-corrected chi connectivity index (χ1v) is 5.53. The van der Waals surface area contributed by atoms with Crippen LogP contribution in [0.5, 0.6) is 0 Å². The third-order valence-electron chi connectivity index (χ3n) is 2.15. The van der Waals surface area contributed by atoms with Gasteiger partial charge < -0.3 is 14.5 Å². The topological polar surface area (TPSA) is 47.3 Å². The summed E-state index contributed by atoms with van der Waals surface area (Å²) >= 11 is 0. The van der Waals surface area contributed by atoms with E-state index in [9.17, 15) is 0 Å². The van der Waals surface area contributed by atoms with Crippen LogP contribution in [0.15, 0.2) is 10.6 Å². The number of hydrogen-bond donors (Lipinski definition) is 1. The molecule has 0 aliphatic heterocycles. The van der Waals surface area contributed by atoms with E-state index in [1.54, 1.807) is 6.20 Å². The molecule has 0 aliphatic carbocycles. The van der Waals surface area contributed by atoms with Gasteiger partial charge in [0.15, 0.2) is 0 Å². The zero-order chi connectivity index (χ0) is 11.1. The van der Waals surface area contributed by atoms with Crippen molar-refractivity contribution < 1.29 is 9.15 Å². The van der Waals surface area contributed by atoms with E-state index >= 15 is 0 Å². The van der Waals surface area contributed by atoms with E-state index in [0.717, 1.165) is 31.2 Å². The minimum Gasteiger partial charge on any atom is -0.444 e. The molecule has 1 N–H and O–H groups in total. The number of rotatable bonds is 7. The molecule has 0 fully saturated rings. The molecular formula is C11H20N2O2. The van der Waals surface area contributed by atoms with Crippen LogP contribution in [-0.2, 0) is 11.2 Å². The van der Waals surface area contributed by atoms with E-state index in [4.69, 9.17) is 9.15 Å². The minimum atomic E-state index is 0.177. The molecule has 1 aromatic heterocycles. The van der Waals surface area contributed by atoms with Gasteiger partial charge in [-0.15, -0.1) is 0 Å². The fourth-order valence-corrected chi connectivity index (χ4v) is 1.35. The van der Waals surface area contributed by atoms with E-state index in [1.807, 2.05) is 13.8 Å². The summed E-state index contributed by atoms with van der Waals surface area (Å²) in [5.74, 6) is 1.64. The molecule has 1 atom stereocenters. The standard InChI is InChI=1S/C11H20N2O2/c1-4-12-9(3)11-13-8-10(15-11)6-7-14-5-2/h8-9,12H,4-7H2,1-3H3. The Morgan fingerprint density at radius 2 is 2.33 bits per heavy atom. The molecule has 15 heavy (non-hydrogen) atoms. The predicted octanol–water partition coefficient (Wildman–Crippen LogP) is 1.92. The SMILES string of the molecule is CCNC(C)c1ncc(CCOCC)o1. The average molecular weight is 212 g/mol. The Kier molecular flexibility index (Phi) is 5.36. The molecule has 0 saturated heterocycles. The highest BCUT2D eigenvalue weighted by atomic mass is 16.5. The quantitative estimate of drug-likeness (QED) is 0.701. The number of aromatic nitrogens is 1. The van der Waals surface area contributed by atoms with Crippen LogP contribution in [0.2, 0.25) is 0 Å². The lowest BCUT2D eigenvalue weighted by Gasteiger charge is -2.06. The molecule has 0 bridgehead atoms. The Morgan fingerprint density at radius 3 is 3.00 bits per heavy atom. The average Bonchev–Trinajstić information content (AvgIpc) is 2.67. The van der Waals surface area contributed by atoms with Crippen molar-refractivity contribution >= 4 is 0 Å². The fraction of sp³-hybridized carbons (Fsp3) is 0.727. The van der Waals surface area contributed by atoms with Crippen molar-refractivity contribution in [1.29, 1.82) is 0 Å². The minimum absolute atomic E-state index is 0.177. The van der Waals surface area contributed by atoms with E-state index < -0.39 is 0 Å². The van der Waals surface area contributed by atoms with Gasteiger partial charge in [0.05, 0.1) is 18.8 Å². The number of hydrogen-bond acceptors (Lipinski definition) is 4. The third kappa shape index (κ3) is 4.01. The molecule has 1 unspecified atom stereocenters. The van der Waals surface area contributed by atoms with Crippen molar-refractivity contribution in [1.82, 2.24) is 10.3 Å². The monoisotopic (exact) mass is 212 g/mol. The predicted molar refractivity (Wildman–Crippen MR) is 58.8 cm³/mol. The van der Waals surface area contributed by atoms with Gasteiger partial charge in [0.2, 0.25) is 5.89 Å². The van der Waals surface area contributed by atoms with Crippen molar-refractivity contribution in [2.45, 2.75) is 33.2 Å². The molecule has 4 nitrogen and oxygen atoms in total. The first-order valence-electron chi connectivity index (χ1n) is 5.53. The summed E-state index contributed by atoms with van der Waals surface area (Å²) in [6.07, 6.45) is 2.57. The van der Waals surface area contributed by atoms with Crippen molar-refractivity contribution in [2.24, 2.45) is 0 Å². The maximum absolute atomic E-state index is 5.59. The summed E-state index contributed by atoms with van der Waals surface area (Å²) in [5.41, 5.74) is 0. The van der Waals surface area contributed by atoms with Crippen molar-refractivity contribution in [3.8, 4) is 0 Å². The number of oxazole rings is 1. The summed E-state index contributed by atoms with van der Waals surface area (Å²) in [6.45, 7) is 8.45. The molecule has 0 radical (unpaired) electrons. The van der Waals surface area contributed by atoms with Crippen LogP contribution in [0.4, 0.5) is 0 Å². The normalized spacial score (nSPS) is 13.0. The molecule has 0 saturated carbocycles. The molecular weight excluding hydrogens is 192 g/mol. The lowest BCUT2D eigenvalue weighted by molar-refractivity contribution is 0.146.